The molecule has 8 aromatic rings. The van der Waals surface area contributed by atoms with Crippen LogP contribution >= 0.6 is 0 Å². The average molecular weight is 627 g/mol. The highest BCUT2D eigenvalue weighted by Crippen LogP contribution is 2.45. The first-order chi connectivity index (χ1) is 23.1. The van der Waals surface area contributed by atoms with Gasteiger partial charge in [0.25, 0.3) is 0 Å². The fourth-order valence-electron chi connectivity index (χ4n) is 8.62. The maximum atomic E-state index is 7.05. The van der Waals surface area contributed by atoms with E-state index in [1.807, 2.05) is 0 Å². The number of aryl methyl sites for hydroxylation is 3. The minimum Gasteiger partial charge on any atom is -0.456 e. The third-order valence-electron chi connectivity index (χ3n) is 11.0. The molecular weight excluding hydrogens is 585 g/mol. The van der Waals surface area contributed by atoms with E-state index in [9.17, 15) is 0 Å². The zero-order chi connectivity index (χ0) is 33.4. The van der Waals surface area contributed by atoms with E-state index < -0.39 is 5.41 Å². The summed E-state index contributed by atoms with van der Waals surface area (Å²) in [4.78, 5) is 0. The van der Waals surface area contributed by atoms with Crippen molar-refractivity contribution in [2.45, 2.75) is 45.4 Å². The van der Waals surface area contributed by atoms with Gasteiger partial charge in [0.2, 0.25) is 11.4 Å². The Morgan fingerprint density at radius 1 is 0.542 bits per heavy atom. The van der Waals surface area contributed by atoms with E-state index in [4.69, 9.17) is 4.42 Å². The van der Waals surface area contributed by atoms with Crippen molar-refractivity contribution in [1.82, 2.24) is 0 Å². The van der Waals surface area contributed by atoms with E-state index in [0.29, 0.717) is 0 Å². The van der Waals surface area contributed by atoms with Gasteiger partial charge in [0.15, 0.2) is 17.3 Å². The summed E-state index contributed by atoms with van der Waals surface area (Å²) in [5.41, 5.74) is 9.75. The summed E-state index contributed by atoms with van der Waals surface area (Å²) in [6.45, 7) is 11.5. The number of benzene rings is 5. The van der Waals surface area contributed by atoms with Crippen LogP contribution in [0.3, 0.4) is 0 Å². The lowest BCUT2D eigenvalue weighted by Crippen LogP contribution is -2.53. The van der Waals surface area contributed by atoms with Gasteiger partial charge in [-0.25, -0.2) is 9.13 Å². The molecule has 3 heterocycles. The first-order valence-corrected chi connectivity index (χ1v) is 16.9. The molecule has 0 saturated heterocycles. The molecule has 8 rings (SSSR count). The van der Waals surface area contributed by atoms with Crippen LogP contribution in [0.1, 0.15) is 60.1 Å². The minimum atomic E-state index is -0.563. The molecule has 0 amide bonds. The van der Waals surface area contributed by atoms with Crippen molar-refractivity contribution in [2.75, 3.05) is 0 Å². The smallest absolute Gasteiger partial charge is 0.202 e. The largest absolute Gasteiger partial charge is 0.456 e. The molecule has 0 spiro atoms. The lowest BCUT2D eigenvalue weighted by atomic mass is 9.72. The number of pyridine rings is 2. The Hall–Kier alpha value is -5.28. The summed E-state index contributed by atoms with van der Waals surface area (Å²) in [5.74, 6) is 0. The molecule has 3 aromatic heterocycles. The van der Waals surface area contributed by atoms with Gasteiger partial charge in [0.05, 0.1) is 5.41 Å². The quantitative estimate of drug-likeness (QED) is 0.138. The highest BCUT2D eigenvalue weighted by molar-refractivity contribution is 6.16. The van der Waals surface area contributed by atoms with Gasteiger partial charge in [0.1, 0.15) is 25.3 Å². The number of hydrogen-bond acceptors (Lipinski definition) is 1. The van der Waals surface area contributed by atoms with E-state index >= 15 is 0 Å². The minimum absolute atomic E-state index is 0.223. The van der Waals surface area contributed by atoms with E-state index in [1.165, 1.54) is 60.9 Å². The molecule has 0 bridgehead atoms. The van der Waals surface area contributed by atoms with Crippen LogP contribution in [0.15, 0.2) is 132 Å². The van der Waals surface area contributed by atoms with Crippen molar-refractivity contribution in [2.24, 2.45) is 14.1 Å². The molecule has 0 saturated carbocycles. The van der Waals surface area contributed by atoms with Gasteiger partial charge in [0, 0.05) is 40.6 Å². The molecule has 236 valence electrons. The number of hydrogen-bond donors (Lipinski definition) is 0. The number of aromatic nitrogens is 2. The molecule has 0 N–H and O–H groups in total. The van der Waals surface area contributed by atoms with Crippen molar-refractivity contribution in [3.63, 3.8) is 0 Å². The second kappa shape index (κ2) is 10.9. The van der Waals surface area contributed by atoms with E-state index in [1.54, 1.807) is 0 Å². The molecule has 3 nitrogen and oxygen atoms in total. The maximum Gasteiger partial charge on any atom is 0.202 e. The predicted molar refractivity (Wildman–Crippen MR) is 198 cm³/mol. The Morgan fingerprint density at radius 3 is 2.06 bits per heavy atom. The predicted octanol–water partition coefficient (Wildman–Crippen LogP) is 9.84. The normalized spacial score (nSPS) is 13.5. The van der Waals surface area contributed by atoms with Crippen molar-refractivity contribution >= 4 is 43.5 Å². The highest BCUT2D eigenvalue weighted by atomic mass is 16.3. The Morgan fingerprint density at radius 2 is 1.25 bits per heavy atom. The second-order valence-corrected chi connectivity index (χ2v) is 14.2. The summed E-state index contributed by atoms with van der Waals surface area (Å²) in [7, 11) is 4.39. The standard InChI is InChI=1S/C45H42N2O/c1-29-15-8-11-18-37(29)44(3,4)39-20-14-21-41(47(39)7)45(5,40-19-12-13-26-46(40)6)42-30(2)22-25-34-36-27-32-24-23-31-16-9-10-17-33(31)35(32)28-38(36)48-43(34)42/h8-28H,1-7H3/q+2. The number of nitrogens with zero attached hydrogens (tertiary/aromatic N) is 2. The fraction of sp³-hybridized carbons (Fsp3) is 0.200. The lowest BCUT2D eigenvalue weighted by molar-refractivity contribution is -0.702. The van der Waals surface area contributed by atoms with Crippen molar-refractivity contribution in [3.05, 3.63) is 167 Å². The number of fused-ring (bicyclic) bond motifs is 6. The van der Waals surface area contributed by atoms with Crippen LogP contribution in [0.2, 0.25) is 0 Å². The van der Waals surface area contributed by atoms with Crippen molar-refractivity contribution in [3.8, 4) is 0 Å². The zero-order valence-electron chi connectivity index (χ0n) is 28.9. The van der Waals surface area contributed by atoms with Gasteiger partial charge in [-0.15, -0.1) is 0 Å². The highest BCUT2D eigenvalue weighted by Gasteiger charge is 2.48. The van der Waals surface area contributed by atoms with Crippen LogP contribution < -0.4 is 9.13 Å². The summed E-state index contributed by atoms with van der Waals surface area (Å²) in [5, 5.41) is 7.21. The van der Waals surface area contributed by atoms with Crippen LogP contribution in [-0.4, -0.2) is 0 Å². The fourth-order valence-corrected chi connectivity index (χ4v) is 8.62. The average Bonchev–Trinajstić information content (AvgIpc) is 3.44. The monoisotopic (exact) mass is 626 g/mol. The molecule has 1 atom stereocenters. The van der Waals surface area contributed by atoms with Crippen LogP contribution in [0.5, 0.6) is 0 Å². The van der Waals surface area contributed by atoms with Gasteiger partial charge < -0.3 is 4.42 Å². The lowest BCUT2D eigenvalue weighted by Gasteiger charge is -2.30. The first kappa shape index (κ1) is 30.1. The summed E-state index contributed by atoms with van der Waals surface area (Å²) >= 11 is 0. The Labute approximate surface area is 282 Å². The summed E-state index contributed by atoms with van der Waals surface area (Å²) in [6, 6.07) is 44.2. The maximum absolute atomic E-state index is 7.05. The van der Waals surface area contributed by atoms with Gasteiger partial charge in [-0.3, -0.25) is 0 Å². The Bertz CT molecular complexity index is 2550. The van der Waals surface area contributed by atoms with Crippen LogP contribution in [0.25, 0.3) is 43.5 Å². The SMILES string of the molecule is Cc1ccccc1C(C)(C)c1cccc(C(C)(c2c(C)ccc3c2oc2cc4c(ccc5ccccc54)cc23)c2cccc[n+]2C)[n+]1C. The Kier molecular flexibility index (Phi) is 6.82. The van der Waals surface area contributed by atoms with Gasteiger partial charge >= 0.3 is 0 Å². The van der Waals surface area contributed by atoms with E-state index in [0.717, 1.165) is 21.9 Å². The number of rotatable bonds is 5. The van der Waals surface area contributed by atoms with Crippen LogP contribution in [-0.2, 0) is 24.9 Å². The topological polar surface area (TPSA) is 20.9 Å². The van der Waals surface area contributed by atoms with Crippen LogP contribution in [0, 0.1) is 13.8 Å². The van der Waals surface area contributed by atoms with Crippen molar-refractivity contribution < 1.29 is 13.6 Å². The third-order valence-corrected chi connectivity index (χ3v) is 11.0. The van der Waals surface area contributed by atoms with E-state index in [-0.39, 0.29) is 5.41 Å². The molecule has 0 fully saturated rings. The third kappa shape index (κ3) is 4.34. The molecule has 0 radical (unpaired) electrons. The van der Waals surface area contributed by atoms with Crippen LogP contribution in [0.4, 0.5) is 0 Å². The summed E-state index contributed by atoms with van der Waals surface area (Å²) in [6.07, 6.45) is 2.15. The van der Waals surface area contributed by atoms with Gasteiger partial charge in [-0.1, -0.05) is 78.9 Å². The van der Waals surface area contributed by atoms with Crippen molar-refractivity contribution in [1.29, 1.82) is 0 Å². The van der Waals surface area contributed by atoms with E-state index in [2.05, 4.69) is 185 Å². The Balaban J connectivity index is 1.45. The molecule has 5 aromatic carbocycles. The molecule has 48 heavy (non-hydrogen) atoms. The molecule has 3 heteroatoms. The molecule has 1 unspecified atom stereocenters. The molecular formula is C45H42N2O+2. The number of furan rings is 1. The molecule has 0 aliphatic carbocycles. The second-order valence-electron chi connectivity index (χ2n) is 14.2. The molecule has 0 aliphatic rings. The molecule has 0 aliphatic heterocycles. The van der Waals surface area contributed by atoms with Gasteiger partial charge in [-0.2, -0.15) is 0 Å². The zero-order valence-corrected chi connectivity index (χ0v) is 28.9. The van der Waals surface area contributed by atoms with Gasteiger partial charge in [-0.05, 0) is 91.1 Å². The first-order valence-electron chi connectivity index (χ1n) is 16.9. The summed E-state index contributed by atoms with van der Waals surface area (Å²) < 4.78 is 11.8.